The smallest absolute Gasteiger partial charge is 0.257 e. The molecule has 0 aliphatic heterocycles. The SMILES string of the molecule is CCN(CC)C(=O)c1c(CO)cccc1OC. The van der Waals surface area contributed by atoms with Gasteiger partial charge in [-0.15, -0.1) is 0 Å². The zero-order valence-corrected chi connectivity index (χ0v) is 10.6. The van der Waals surface area contributed by atoms with Crippen molar-refractivity contribution in [2.75, 3.05) is 20.2 Å². The van der Waals surface area contributed by atoms with Crippen LogP contribution in [0, 0.1) is 0 Å². The van der Waals surface area contributed by atoms with Gasteiger partial charge in [0.05, 0.1) is 19.3 Å². The van der Waals surface area contributed by atoms with E-state index in [2.05, 4.69) is 0 Å². The molecule has 1 rings (SSSR count). The molecule has 0 atom stereocenters. The first-order valence-electron chi connectivity index (χ1n) is 5.75. The van der Waals surface area contributed by atoms with Crippen LogP contribution < -0.4 is 4.74 Å². The summed E-state index contributed by atoms with van der Waals surface area (Å²) in [7, 11) is 1.52. The maximum atomic E-state index is 12.3. The van der Waals surface area contributed by atoms with Crippen molar-refractivity contribution in [1.82, 2.24) is 4.90 Å². The Bertz CT molecular complexity index is 364. The predicted molar refractivity (Wildman–Crippen MR) is 66.2 cm³/mol. The number of aliphatic hydroxyl groups is 1. The van der Waals surface area contributed by atoms with Crippen molar-refractivity contribution in [2.24, 2.45) is 0 Å². The lowest BCUT2D eigenvalue weighted by molar-refractivity contribution is 0.0766. The second-order valence-electron chi connectivity index (χ2n) is 3.63. The van der Waals surface area contributed by atoms with Crippen LogP contribution in [-0.4, -0.2) is 36.1 Å². The summed E-state index contributed by atoms with van der Waals surface area (Å²) in [5, 5.41) is 9.29. The Kier molecular flexibility index (Phi) is 4.97. The number of amides is 1. The van der Waals surface area contributed by atoms with Crippen molar-refractivity contribution < 1.29 is 14.6 Å². The summed E-state index contributed by atoms with van der Waals surface area (Å²) in [5.74, 6) is 0.407. The van der Waals surface area contributed by atoms with Crippen LogP contribution in [0.2, 0.25) is 0 Å². The van der Waals surface area contributed by atoms with Crippen LogP contribution in [0.5, 0.6) is 5.75 Å². The number of rotatable bonds is 5. The number of nitrogens with zero attached hydrogens (tertiary/aromatic N) is 1. The van der Waals surface area contributed by atoms with Gasteiger partial charge in [0.1, 0.15) is 5.75 Å². The van der Waals surface area contributed by atoms with E-state index in [-0.39, 0.29) is 12.5 Å². The summed E-state index contributed by atoms with van der Waals surface area (Å²) in [6.45, 7) is 4.96. The second kappa shape index (κ2) is 6.25. The van der Waals surface area contributed by atoms with Gasteiger partial charge in [-0.3, -0.25) is 4.79 Å². The van der Waals surface area contributed by atoms with E-state index in [0.717, 1.165) is 0 Å². The molecule has 4 nitrogen and oxygen atoms in total. The zero-order valence-electron chi connectivity index (χ0n) is 10.6. The van der Waals surface area contributed by atoms with Crippen LogP contribution in [0.15, 0.2) is 18.2 Å². The third-order valence-corrected chi connectivity index (χ3v) is 2.77. The Morgan fingerprint density at radius 1 is 1.35 bits per heavy atom. The molecule has 4 heteroatoms. The molecule has 0 saturated heterocycles. The highest BCUT2D eigenvalue weighted by Gasteiger charge is 2.20. The molecule has 1 amide bonds. The third kappa shape index (κ3) is 2.77. The minimum absolute atomic E-state index is 0.100. The van der Waals surface area contributed by atoms with Crippen molar-refractivity contribution in [3.05, 3.63) is 29.3 Å². The predicted octanol–water partition coefficient (Wildman–Crippen LogP) is 1.67. The number of hydrogen-bond donors (Lipinski definition) is 1. The van der Waals surface area contributed by atoms with Gasteiger partial charge in [-0.25, -0.2) is 0 Å². The molecule has 0 fully saturated rings. The van der Waals surface area contributed by atoms with Gasteiger partial charge >= 0.3 is 0 Å². The van der Waals surface area contributed by atoms with Crippen LogP contribution in [-0.2, 0) is 6.61 Å². The average Bonchev–Trinajstić information content (AvgIpc) is 2.38. The number of carbonyl (C=O) groups excluding carboxylic acids is 1. The van der Waals surface area contributed by atoms with Crippen LogP contribution in [0.25, 0.3) is 0 Å². The second-order valence-corrected chi connectivity index (χ2v) is 3.63. The van der Waals surface area contributed by atoms with Gasteiger partial charge in [0.2, 0.25) is 0 Å². The van der Waals surface area contributed by atoms with E-state index in [4.69, 9.17) is 4.74 Å². The van der Waals surface area contributed by atoms with E-state index < -0.39 is 0 Å². The number of aliphatic hydroxyl groups excluding tert-OH is 1. The van der Waals surface area contributed by atoms with Crippen molar-refractivity contribution in [1.29, 1.82) is 0 Å². The van der Waals surface area contributed by atoms with Crippen molar-refractivity contribution in [2.45, 2.75) is 20.5 Å². The lowest BCUT2D eigenvalue weighted by Gasteiger charge is -2.21. The fraction of sp³-hybridized carbons (Fsp3) is 0.462. The summed E-state index contributed by atoms with van der Waals surface area (Å²) in [5.41, 5.74) is 1.06. The van der Waals surface area contributed by atoms with Crippen LogP contribution in [0.3, 0.4) is 0 Å². The molecule has 0 heterocycles. The molecule has 94 valence electrons. The topological polar surface area (TPSA) is 49.8 Å². The van der Waals surface area contributed by atoms with Gasteiger partial charge in [0, 0.05) is 13.1 Å². The molecule has 17 heavy (non-hydrogen) atoms. The van der Waals surface area contributed by atoms with E-state index in [1.165, 1.54) is 7.11 Å². The highest BCUT2D eigenvalue weighted by molar-refractivity contribution is 5.98. The molecule has 0 bridgehead atoms. The van der Waals surface area contributed by atoms with Crippen molar-refractivity contribution >= 4 is 5.91 Å². The quantitative estimate of drug-likeness (QED) is 0.847. The van der Waals surface area contributed by atoms with E-state index in [1.54, 1.807) is 23.1 Å². The Morgan fingerprint density at radius 3 is 2.47 bits per heavy atom. The third-order valence-electron chi connectivity index (χ3n) is 2.77. The molecule has 1 aromatic rings. The number of carbonyl (C=O) groups is 1. The van der Waals surface area contributed by atoms with Gasteiger partial charge in [0.15, 0.2) is 0 Å². The Morgan fingerprint density at radius 2 is 2.00 bits per heavy atom. The summed E-state index contributed by atoms with van der Waals surface area (Å²) in [6.07, 6.45) is 0. The summed E-state index contributed by atoms with van der Waals surface area (Å²) >= 11 is 0. The molecule has 1 aromatic carbocycles. The van der Waals surface area contributed by atoms with Crippen molar-refractivity contribution in [3.8, 4) is 5.75 Å². The van der Waals surface area contributed by atoms with Gasteiger partial charge in [-0.05, 0) is 25.5 Å². The van der Waals surface area contributed by atoms with Crippen molar-refractivity contribution in [3.63, 3.8) is 0 Å². The van der Waals surface area contributed by atoms with Gasteiger partial charge in [-0.2, -0.15) is 0 Å². The van der Waals surface area contributed by atoms with E-state index in [9.17, 15) is 9.90 Å². The number of hydrogen-bond acceptors (Lipinski definition) is 3. The molecule has 0 aliphatic carbocycles. The first kappa shape index (κ1) is 13.5. The molecular weight excluding hydrogens is 218 g/mol. The molecular formula is C13H19NO3. The van der Waals surface area contributed by atoms with E-state index in [0.29, 0.717) is 30.0 Å². The van der Waals surface area contributed by atoms with E-state index >= 15 is 0 Å². The first-order chi connectivity index (χ1) is 8.19. The van der Waals surface area contributed by atoms with Gasteiger partial charge in [-0.1, -0.05) is 12.1 Å². The molecule has 0 saturated carbocycles. The number of methoxy groups -OCH3 is 1. The maximum Gasteiger partial charge on any atom is 0.257 e. The fourth-order valence-corrected chi connectivity index (χ4v) is 1.79. The maximum absolute atomic E-state index is 12.3. The lowest BCUT2D eigenvalue weighted by Crippen LogP contribution is -2.31. The molecule has 0 unspecified atom stereocenters. The summed E-state index contributed by atoms with van der Waals surface area (Å²) in [6, 6.07) is 5.23. The Labute approximate surface area is 102 Å². The molecule has 0 aliphatic rings. The fourth-order valence-electron chi connectivity index (χ4n) is 1.79. The summed E-state index contributed by atoms with van der Waals surface area (Å²) < 4.78 is 5.19. The summed E-state index contributed by atoms with van der Waals surface area (Å²) in [4.78, 5) is 14.0. The highest BCUT2D eigenvalue weighted by atomic mass is 16.5. The molecule has 0 spiro atoms. The van der Waals surface area contributed by atoms with Crippen LogP contribution >= 0.6 is 0 Å². The van der Waals surface area contributed by atoms with E-state index in [1.807, 2.05) is 13.8 Å². The van der Waals surface area contributed by atoms with Crippen LogP contribution in [0.1, 0.15) is 29.8 Å². The van der Waals surface area contributed by atoms with Gasteiger partial charge in [0.25, 0.3) is 5.91 Å². The number of benzene rings is 1. The zero-order chi connectivity index (χ0) is 12.8. The minimum Gasteiger partial charge on any atom is -0.496 e. The number of ether oxygens (including phenoxy) is 1. The molecule has 0 aromatic heterocycles. The Hall–Kier alpha value is -1.55. The molecule has 1 N–H and O–H groups in total. The Balaban J connectivity index is 3.22. The average molecular weight is 237 g/mol. The first-order valence-corrected chi connectivity index (χ1v) is 5.75. The highest BCUT2D eigenvalue weighted by Crippen LogP contribution is 2.24. The standard InChI is InChI=1S/C13H19NO3/c1-4-14(5-2)13(16)12-10(9-15)7-6-8-11(12)17-3/h6-8,15H,4-5,9H2,1-3H3. The van der Waals surface area contributed by atoms with Gasteiger partial charge < -0.3 is 14.7 Å². The lowest BCUT2D eigenvalue weighted by atomic mass is 10.1. The normalized spacial score (nSPS) is 10.1. The monoisotopic (exact) mass is 237 g/mol. The van der Waals surface area contributed by atoms with Crippen LogP contribution in [0.4, 0.5) is 0 Å². The molecule has 0 radical (unpaired) electrons. The largest absolute Gasteiger partial charge is 0.496 e. The minimum atomic E-state index is -0.167.